The number of aryl methyl sites for hydroxylation is 1. The van der Waals surface area contributed by atoms with E-state index in [1.54, 1.807) is 30.3 Å². The van der Waals surface area contributed by atoms with Crippen molar-refractivity contribution in [3.63, 3.8) is 0 Å². The molecule has 1 saturated heterocycles. The number of hydrogen-bond acceptors (Lipinski definition) is 7. The van der Waals surface area contributed by atoms with Gasteiger partial charge in [-0.25, -0.2) is 0 Å². The van der Waals surface area contributed by atoms with Crippen LogP contribution in [0.2, 0.25) is 0 Å². The summed E-state index contributed by atoms with van der Waals surface area (Å²) < 4.78 is 46.7. The van der Waals surface area contributed by atoms with Gasteiger partial charge >= 0.3 is 6.18 Å². The molecule has 2 amide bonds. The molecule has 0 saturated carbocycles. The molecular weight excluding hydrogens is 557 g/mol. The molecule has 0 unspecified atom stereocenters. The predicted octanol–water partition coefficient (Wildman–Crippen LogP) is 4.80. The third-order valence-electron chi connectivity index (χ3n) is 6.62. The zero-order valence-electron chi connectivity index (χ0n) is 22.0. The summed E-state index contributed by atoms with van der Waals surface area (Å²) in [5.41, 5.74) is 0.296. The van der Waals surface area contributed by atoms with E-state index < -0.39 is 36.1 Å². The summed E-state index contributed by atoms with van der Waals surface area (Å²) in [5.74, 6) is -0.943. The lowest BCUT2D eigenvalue weighted by Crippen LogP contribution is -2.46. The molecule has 9 nitrogen and oxygen atoms in total. The Balaban J connectivity index is 1.53. The number of tetrazole rings is 1. The minimum absolute atomic E-state index is 0.0961. The lowest BCUT2D eigenvalue weighted by molar-refractivity contribution is -0.137. The molecule has 1 aliphatic rings. The van der Waals surface area contributed by atoms with E-state index in [1.165, 1.54) is 23.5 Å². The number of ether oxygens (including phenoxy) is 1. The third-order valence-corrected chi connectivity index (χ3v) is 7.48. The molecular formula is C28H27F3N6O3S. The predicted molar refractivity (Wildman–Crippen MR) is 146 cm³/mol. The van der Waals surface area contributed by atoms with Gasteiger partial charge in [-0.1, -0.05) is 42.0 Å². The van der Waals surface area contributed by atoms with Gasteiger partial charge in [0.05, 0.1) is 16.5 Å². The first-order chi connectivity index (χ1) is 19.7. The third kappa shape index (κ3) is 6.80. The van der Waals surface area contributed by atoms with Gasteiger partial charge in [0.15, 0.2) is 0 Å². The Kier molecular flexibility index (Phi) is 8.45. The molecule has 1 aliphatic heterocycles. The van der Waals surface area contributed by atoms with Crippen LogP contribution in [0.25, 0.3) is 10.7 Å². The smallest absolute Gasteiger partial charge is 0.376 e. The van der Waals surface area contributed by atoms with Crippen LogP contribution < -0.4 is 10.2 Å². The van der Waals surface area contributed by atoms with Crippen LogP contribution in [0.5, 0.6) is 0 Å². The number of amides is 2. The monoisotopic (exact) mass is 584 g/mol. The molecule has 214 valence electrons. The maximum Gasteiger partial charge on any atom is 0.416 e. The molecule has 1 N–H and O–H groups in total. The van der Waals surface area contributed by atoms with Crippen LogP contribution in [0.3, 0.4) is 0 Å². The van der Waals surface area contributed by atoms with Crippen LogP contribution >= 0.6 is 11.3 Å². The van der Waals surface area contributed by atoms with Crippen molar-refractivity contribution in [2.45, 2.75) is 44.6 Å². The first-order valence-electron chi connectivity index (χ1n) is 13.0. The summed E-state index contributed by atoms with van der Waals surface area (Å²) in [6, 6.07) is 13.6. The molecule has 0 spiro atoms. The normalized spacial score (nSPS) is 16.0. The number of benzene rings is 2. The van der Waals surface area contributed by atoms with Crippen molar-refractivity contribution >= 4 is 28.8 Å². The highest BCUT2D eigenvalue weighted by Gasteiger charge is 2.36. The summed E-state index contributed by atoms with van der Waals surface area (Å²) in [5, 5.41) is 16.9. The highest BCUT2D eigenvalue weighted by molar-refractivity contribution is 7.13. The van der Waals surface area contributed by atoms with Crippen LogP contribution in [0.1, 0.15) is 35.6 Å². The van der Waals surface area contributed by atoms with Gasteiger partial charge in [0, 0.05) is 18.8 Å². The molecule has 2 aromatic carbocycles. The first-order valence-corrected chi connectivity index (χ1v) is 13.8. The van der Waals surface area contributed by atoms with Crippen LogP contribution in [-0.2, 0) is 27.0 Å². The van der Waals surface area contributed by atoms with Gasteiger partial charge in [0.25, 0.3) is 5.91 Å². The Morgan fingerprint density at radius 2 is 1.98 bits per heavy atom. The molecule has 5 rings (SSSR count). The van der Waals surface area contributed by atoms with Gasteiger partial charge in [0.2, 0.25) is 11.7 Å². The second-order valence-corrected chi connectivity index (χ2v) is 10.6. The lowest BCUT2D eigenvalue weighted by Gasteiger charge is -2.32. The number of alkyl halides is 3. The average molecular weight is 585 g/mol. The molecule has 2 atom stereocenters. The number of carbonyl (C=O) groups excluding carboxylic acids is 2. The second-order valence-electron chi connectivity index (χ2n) is 9.63. The van der Waals surface area contributed by atoms with Crippen LogP contribution in [0.4, 0.5) is 18.9 Å². The van der Waals surface area contributed by atoms with Crippen molar-refractivity contribution in [2.75, 3.05) is 18.1 Å². The molecule has 4 aromatic rings. The fourth-order valence-corrected chi connectivity index (χ4v) is 5.21. The van der Waals surface area contributed by atoms with Gasteiger partial charge in [-0.3, -0.25) is 14.5 Å². The average Bonchev–Trinajstić information content (AvgIpc) is 3.74. The molecule has 1 fully saturated rings. The van der Waals surface area contributed by atoms with Gasteiger partial charge in [0.1, 0.15) is 12.6 Å². The van der Waals surface area contributed by atoms with Crippen molar-refractivity contribution in [1.82, 2.24) is 25.5 Å². The summed E-state index contributed by atoms with van der Waals surface area (Å²) in [4.78, 5) is 30.6. The minimum Gasteiger partial charge on any atom is -0.376 e. The number of nitrogens with one attached hydrogen (secondary N) is 1. The van der Waals surface area contributed by atoms with Crippen LogP contribution in [0.15, 0.2) is 66.0 Å². The van der Waals surface area contributed by atoms with E-state index in [4.69, 9.17) is 4.74 Å². The van der Waals surface area contributed by atoms with Crippen molar-refractivity contribution in [1.29, 1.82) is 0 Å². The van der Waals surface area contributed by atoms with E-state index in [9.17, 15) is 22.8 Å². The minimum atomic E-state index is -4.66. The molecule has 41 heavy (non-hydrogen) atoms. The van der Waals surface area contributed by atoms with Gasteiger partial charge in [-0.15, -0.1) is 21.5 Å². The number of carbonyl (C=O) groups is 2. The van der Waals surface area contributed by atoms with Crippen LogP contribution in [0, 0.1) is 6.92 Å². The van der Waals surface area contributed by atoms with Gasteiger partial charge in [-0.2, -0.15) is 18.0 Å². The number of hydrogen-bond donors (Lipinski definition) is 1. The van der Waals surface area contributed by atoms with Crippen molar-refractivity contribution in [2.24, 2.45) is 0 Å². The topological polar surface area (TPSA) is 102 Å². The standard InChI is InChI=1S/C28H27F3N6O3S/c1-18-9-11-19(12-10-18)25(27(39)32-16-22-7-3-13-40-22)37(21-6-2-5-20(15-21)28(29,30)31)24(38)17-36-34-26(33-35-36)23-8-4-14-41-23/h2,4-6,8-12,14-15,22,25H,3,7,13,16-17H2,1H3,(H,32,39)/t22-,25+/m1/s1. The molecule has 0 bridgehead atoms. The summed E-state index contributed by atoms with van der Waals surface area (Å²) in [7, 11) is 0. The second kappa shape index (κ2) is 12.2. The molecule has 0 aliphatic carbocycles. The maximum atomic E-state index is 13.9. The van der Waals surface area contributed by atoms with E-state index in [2.05, 4.69) is 20.7 Å². The molecule has 3 heterocycles. The Morgan fingerprint density at radius 1 is 1.17 bits per heavy atom. The Hall–Kier alpha value is -4.10. The zero-order valence-corrected chi connectivity index (χ0v) is 22.9. The number of nitrogens with zero attached hydrogens (tertiary/aromatic N) is 5. The summed E-state index contributed by atoms with van der Waals surface area (Å²) in [6.45, 7) is 2.21. The van der Waals surface area contributed by atoms with Crippen LogP contribution in [-0.4, -0.2) is 51.3 Å². The Labute approximate surface area is 237 Å². The number of halogens is 3. The maximum absolute atomic E-state index is 13.9. The number of rotatable bonds is 9. The molecule has 2 aromatic heterocycles. The first kappa shape index (κ1) is 28.4. The van der Waals surface area contributed by atoms with Gasteiger partial charge < -0.3 is 10.1 Å². The fourth-order valence-electron chi connectivity index (χ4n) is 4.56. The van der Waals surface area contributed by atoms with E-state index >= 15 is 0 Å². The Morgan fingerprint density at radius 3 is 2.66 bits per heavy atom. The summed E-state index contributed by atoms with van der Waals surface area (Å²) in [6.07, 6.45) is -3.19. The highest BCUT2D eigenvalue weighted by atomic mass is 32.1. The molecule has 13 heteroatoms. The number of anilines is 1. The largest absolute Gasteiger partial charge is 0.416 e. The lowest BCUT2D eigenvalue weighted by atomic mass is 10.0. The van der Waals surface area contributed by atoms with Crippen molar-refractivity contribution < 1.29 is 27.5 Å². The summed E-state index contributed by atoms with van der Waals surface area (Å²) >= 11 is 1.39. The van der Waals surface area contributed by atoms with Crippen molar-refractivity contribution in [3.8, 4) is 10.7 Å². The quantitative estimate of drug-likeness (QED) is 0.303. The van der Waals surface area contributed by atoms with Gasteiger partial charge in [-0.05, 0) is 60.2 Å². The Bertz CT molecular complexity index is 1480. The SMILES string of the molecule is Cc1ccc([C@@H](C(=O)NC[C@H]2CCCO2)N(C(=O)Cn2nnc(-c3cccs3)n2)c2cccc(C(F)(F)F)c2)cc1. The molecule has 0 radical (unpaired) electrons. The number of aromatic nitrogens is 4. The number of thiophene rings is 1. The highest BCUT2D eigenvalue weighted by Crippen LogP contribution is 2.35. The zero-order chi connectivity index (χ0) is 29.0. The van der Waals surface area contributed by atoms with E-state index in [0.717, 1.165) is 45.1 Å². The van der Waals surface area contributed by atoms with E-state index in [0.29, 0.717) is 18.0 Å². The van der Waals surface area contributed by atoms with E-state index in [-0.39, 0.29) is 18.3 Å². The van der Waals surface area contributed by atoms with E-state index in [1.807, 2.05) is 18.4 Å². The fraction of sp³-hybridized carbons (Fsp3) is 0.321. The van der Waals surface area contributed by atoms with Crippen molar-refractivity contribution in [3.05, 3.63) is 82.7 Å².